The molecule has 8 nitrogen and oxygen atoms in total. The number of likely N-dealkylation sites (tertiary alicyclic amines) is 1. The van der Waals surface area contributed by atoms with Gasteiger partial charge >= 0.3 is 0 Å². The second-order valence-corrected chi connectivity index (χ2v) is 10.2. The van der Waals surface area contributed by atoms with Crippen molar-refractivity contribution in [2.75, 3.05) is 44.2 Å². The monoisotopic (exact) mass is 488 g/mol. The maximum Gasteiger partial charge on any atom is 0.294 e. The van der Waals surface area contributed by atoms with Gasteiger partial charge in [0.15, 0.2) is 11.5 Å². The number of nitrogens with zero attached hydrogens (tertiary/aromatic N) is 5. The number of amides is 1. The summed E-state index contributed by atoms with van der Waals surface area (Å²) in [4.78, 5) is 39.2. The molecule has 36 heavy (non-hydrogen) atoms. The lowest BCUT2D eigenvalue weighted by Gasteiger charge is -2.33. The van der Waals surface area contributed by atoms with Gasteiger partial charge in [0.2, 0.25) is 5.91 Å². The number of rotatable bonds is 7. The van der Waals surface area contributed by atoms with Gasteiger partial charge in [0.1, 0.15) is 5.52 Å². The Morgan fingerprint density at radius 2 is 1.86 bits per heavy atom. The number of carbonyl (C=O) groups excluding carboxylic acids is 1. The van der Waals surface area contributed by atoms with Gasteiger partial charge in [-0.15, -0.1) is 0 Å². The van der Waals surface area contributed by atoms with E-state index in [-0.39, 0.29) is 17.4 Å². The quantitative estimate of drug-likeness (QED) is 0.551. The minimum absolute atomic E-state index is 0.0814. The molecule has 0 radical (unpaired) electrons. The molecule has 5 rings (SSSR count). The third kappa shape index (κ3) is 5.59. The van der Waals surface area contributed by atoms with E-state index in [1.165, 1.54) is 18.4 Å². The second kappa shape index (κ2) is 11.2. The first-order valence-electron chi connectivity index (χ1n) is 13.2. The van der Waals surface area contributed by atoms with Crippen LogP contribution in [0.3, 0.4) is 0 Å². The second-order valence-electron chi connectivity index (χ2n) is 10.2. The number of aromatic nitrogens is 3. The van der Waals surface area contributed by atoms with Gasteiger partial charge in [-0.3, -0.25) is 14.2 Å². The van der Waals surface area contributed by atoms with E-state index in [0.717, 1.165) is 51.4 Å². The van der Waals surface area contributed by atoms with Crippen LogP contribution in [0, 0.1) is 11.8 Å². The number of hydrogen-bond donors (Lipinski definition) is 1. The van der Waals surface area contributed by atoms with Gasteiger partial charge < -0.3 is 15.1 Å². The topological polar surface area (TPSA) is 83.4 Å². The Balaban J connectivity index is 1.10. The summed E-state index contributed by atoms with van der Waals surface area (Å²) in [6.07, 6.45) is 6.95. The molecule has 3 aromatic rings. The van der Waals surface area contributed by atoms with Crippen LogP contribution in [0.4, 0.5) is 5.82 Å². The van der Waals surface area contributed by atoms with Gasteiger partial charge in [0, 0.05) is 39.4 Å². The van der Waals surface area contributed by atoms with Crippen LogP contribution in [-0.2, 0) is 18.3 Å². The van der Waals surface area contributed by atoms with Crippen molar-refractivity contribution in [2.24, 2.45) is 18.9 Å². The van der Waals surface area contributed by atoms with Gasteiger partial charge in [-0.25, -0.2) is 9.97 Å². The zero-order valence-electron chi connectivity index (χ0n) is 21.1. The predicted molar refractivity (Wildman–Crippen MR) is 142 cm³/mol. The summed E-state index contributed by atoms with van der Waals surface area (Å²) in [6, 6.07) is 14.4. The highest BCUT2D eigenvalue weighted by Crippen LogP contribution is 2.22. The van der Waals surface area contributed by atoms with Crippen molar-refractivity contribution < 1.29 is 4.79 Å². The molecule has 1 amide bonds. The van der Waals surface area contributed by atoms with E-state index in [1.54, 1.807) is 17.8 Å². The molecule has 1 N–H and O–H groups in total. The summed E-state index contributed by atoms with van der Waals surface area (Å²) >= 11 is 0. The zero-order valence-corrected chi connectivity index (χ0v) is 21.1. The molecule has 0 bridgehead atoms. The van der Waals surface area contributed by atoms with E-state index >= 15 is 0 Å². The molecule has 0 aliphatic carbocycles. The first kappa shape index (κ1) is 24.4. The van der Waals surface area contributed by atoms with Crippen molar-refractivity contribution in [3.05, 3.63) is 64.6 Å². The third-order valence-electron chi connectivity index (χ3n) is 7.70. The highest BCUT2D eigenvalue weighted by Gasteiger charge is 2.28. The van der Waals surface area contributed by atoms with Gasteiger partial charge in [0.25, 0.3) is 5.56 Å². The summed E-state index contributed by atoms with van der Waals surface area (Å²) in [5.74, 6) is 1.11. The molecule has 190 valence electrons. The highest BCUT2D eigenvalue weighted by atomic mass is 16.2. The SMILES string of the molecule is Cn1c(=O)c(N2CCCC(C(=O)NCCN3CCC(Cc4ccccc4)CC3)C2)nc2cccnc21. The molecule has 1 unspecified atom stereocenters. The third-order valence-corrected chi connectivity index (χ3v) is 7.70. The summed E-state index contributed by atoms with van der Waals surface area (Å²) in [5, 5.41) is 3.16. The Bertz CT molecular complexity index is 1240. The van der Waals surface area contributed by atoms with E-state index in [2.05, 4.69) is 50.5 Å². The van der Waals surface area contributed by atoms with E-state index in [9.17, 15) is 9.59 Å². The number of hydrogen-bond acceptors (Lipinski definition) is 6. The van der Waals surface area contributed by atoms with Gasteiger partial charge in [-0.2, -0.15) is 0 Å². The minimum Gasteiger partial charge on any atom is -0.355 e. The first-order chi connectivity index (χ1) is 17.6. The maximum atomic E-state index is 13.0. The smallest absolute Gasteiger partial charge is 0.294 e. The lowest BCUT2D eigenvalue weighted by Crippen LogP contribution is -2.47. The summed E-state index contributed by atoms with van der Waals surface area (Å²) in [7, 11) is 1.72. The van der Waals surface area contributed by atoms with Crippen LogP contribution in [-0.4, -0.2) is 64.6 Å². The number of benzene rings is 1. The average Bonchev–Trinajstić information content (AvgIpc) is 2.92. The molecule has 2 aromatic heterocycles. The molecular formula is C28H36N6O2. The van der Waals surface area contributed by atoms with Gasteiger partial charge in [-0.1, -0.05) is 30.3 Å². The number of pyridine rings is 1. The highest BCUT2D eigenvalue weighted by molar-refractivity contribution is 5.79. The molecule has 2 aliphatic rings. The van der Waals surface area contributed by atoms with E-state index < -0.39 is 0 Å². The Morgan fingerprint density at radius 3 is 2.67 bits per heavy atom. The van der Waals surface area contributed by atoms with Crippen LogP contribution in [0.2, 0.25) is 0 Å². The Morgan fingerprint density at radius 1 is 1.06 bits per heavy atom. The minimum atomic E-state index is -0.169. The molecular weight excluding hydrogens is 452 g/mol. The molecule has 8 heteroatoms. The molecule has 2 fully saturated rings. The van der Waals surface area contributed by atoms with Gasteiger partial charge in [-0.05, 0) is 68.8 Å². The maximum absolute atomic E-state index is 13.0. The van der Waals surface area contributed by atoms with Crippen molar-refractivity contribution in [1.29, 1.82) is 0 Å². The molecule has 4 heterocycles. The van der Waals surface area contributed by atoms with Gasteiger partial charge in [0.05, 0.1) is 5.92 Å². The average molecular weight is 489 g/mol. The lowest BCUT2D eigenvalue weighted by molar-refractivity contribution is -0.125. The van der Waals surface area contributed by atoms with Crippen molar-refractivity contribution >= 4 is 22.9 Å². The largest absolute Gasteiger partial charge is 0.355 e. The van der Waals surface area contributed by atoms with Crippen molar-refractivity contribution in [3.63, 3.8) is 0 Å². The number of nitrogens with one attached hydrogen (secondary N) is 1. The molecule has 2 aliphatic heterocycles. The van der Waals surface area contributed by atoms with Crippen molar-refractivity contribution in [3.8, 4) is 0 Å². The standard InChI is InChI=1S/C28H36N6O2/c1-32-25-24(10-5-13-29-25)31-26(28(32)36)34-15-6-9-23(20-34)27(35)30-14-18-33-16-11-22(12-17-33)19-21-7-3-2-4-8-21/h2-5,7-8,10,13,22-23H,6,9,11-12,14-20H2,1H3,(H,30,35). The fourth-order valence-electron chi connectivity index (χ4n) is 5.57. The lowest BCUT2D eigenvalue weighted by atomic mass is 9.90. The van der Waals surface area contributed by atoms with Crippen LogP contribution in [0.15, 0.2) is 53.5 Å². The predicted octanol–water partition coefficient (Wildman–Crippen LogP) is 2.62. The molecule has 0 saturated carbocycles. The van der Waals surface area contributed by atoms with Crippen LogP contribution < -0.4 is 15.8 Å². The van der Waals surface area contributed by atoms with Crippen LogP contribution in [0.5, 0.6) is 0 Å². The summed E-state index contributed by atoms with van der Waals surface area (Å²) in [5.41, 5.74) is 2.52. The number of piperidine rings is 2. The fraction of sp³-hybridized carbons (Fsp3) is 0.500. The fourth-order valence-corrected chi connectivity index (χ4v) is 5.57. The van der Waals surface area contributed by atoms with E-state index in [4.69, 9.17) is 0 Å². The van der Waals surface area contributed by atoms with Crippen molar-refractivity contribution in [1.82, 2.24) is 24.8 Å². The van der Waals surface area contributed by atoms with E-state index in [1.807, 2.05) is 17.0 Å². The molecule has 2 saturated heterocycles. The number of aryl methyl sites for hydroxylation is 1. The number of carbonyl (C=O) groups is 1. The number of anilines is 1. The molecule has 1 atom stereocenters. The summed E-state index contributed by atoms with van der Waals surface area (Å²) in [6.45, 7) is 4.99. The van der Waals surface area contributed by atoms with Crippen LogP contribution >= 0.6 is 0 Å². The van der Waals surface area contributed by atoms with Crippen LogP contribution in [0.1, 0.15) is 31.2 Å². The molecule has 1 aromatic carbocycles. The van der Waals surface area contributed by atoms with Crippen molar-refractivity contribution in [2.45, 2.75) is 32.1 Å². The molecule has 0 spiro atoms. The normalized spacial score (nSPS) is 19.5. The number of fused-ring (bicyclic) bond motifs is 1. The first-order valence-corrected chi connectivity index (χ1v) is 13.2. The Kier molecular flexibility index (Phi) is 7.60. The Hall–Kier alpha value is -3.26. The zero-order chi connectivity index (χ0) is 24.9. The van der Waals surface area contributed by atoms with Crippen LogP contribution in [0.25, 0.3) is 11.2 Å². The summed E-state index contributed by atoms with van der Waals surface area (Å²) < 4.78 is 1.55. The van der Waals surface area contributed by atoms with E-state index in [0.29, 0.717) is 30.1 Å². The Labute approximate surface area is 212 Å².